The molecule has 1 heterocycles. The van der Waals surface area contributed by atoms with E-state index in [-0.39, 0.29) is 0 Å². The molecule has 0 saturated carbocycles. The minimum Gasteiger partial charge on any atom is -0.805 e. The second kappa shape index (κ2) is 4.53. The highest BCUT2D eigenvalue weighted by Gasteiger charge is 2.23. The molecule has 1 aliphatic carbocycles. The Bertz CT molecular complexity index is 672. The van der Waals surface area contributed by atoms with E-state index >= 15 is 0 Å². The smallest absolute Gasteiger partial charge is 0.258 e. The first-order valence-electron chi connectivity index (χ1n) is 6.61. The first kappa shape index (κ1) is 12.0. The van der Waals surface area contributed by atoms with Crippen LogP contribution >= 0.6 is 0 Å². The Morgan fingerprint density at radius 3 is 2.58 bits per heavy atom. The minimum absolute atomic E-state index is 0.440. The molecule has 0 saturated heterocycles. The van der Waals surface area contributed by atoms with E-state index in [1.165, 1.54) is 6.20 Å². The van der Waals surface area contributed by atoms with Crippen molar-refractivity contribution in [3.63, 3.8) is 0 Å². The van der Waals surface area contributed by atoms with Crippen molar-refractivity contribution in [3.8, 4) is 11.3 Å². The molecule has 0 spiro atoms. The topological polar surface area (TPSA) is 51.0 Å². The van der Waals surface area contributed by atoms with Gasteiger partial charge in [0.15, 0.2) is 0 Å². The van der Waals surface area contributed by atoms with E-state index in [4.69, 9.17) is 0 Å². The lowest BCUT2D eigenvalue weighted by Crippen LogP contribution is -2.29. The molecule has 0 bridgehead atoms. The first-order valence-corrected chi connectivity index (χ1v) is 6.61. The van der Waals surface area contributed by atoms with Gasteiger partial charge in [-0.2, -0.15) is 0 Å². The fraction of sp³-hybridized carbons (Fsp3) is 0.333. The summed E-state index contributed by atoms with van der Waals surface area (Å²) in [6.07, 6.45) is 4.77. The van der Waals surface area contributed by atoms with Crippen molar-refractivity contribution in [2.24, 2.45) is 0 Å². The van der Waals surface area contributed by atoms with E-state index in [9.17, 15) is 10.1 Å². The number of rotatable bonds is 1. The summed E-state index contributed by atoms with van der Waals surface area (Å²) in [4.78, 5) is 12.0. The highest BCUT2D eigenvalue weighted by Crippen LogP contribution is 2.24. The Morgan fingerprint density at radius 1 is 1.16 bits per heavy atom. The molecular formula is C15H16N2O2. The van der Waals surface area contributed by atoms with Gasteiger partial charge in [0.2, 0.25) is 0 Å². The average molecular weight is 256 g/mol. The predicted molar refractivity (Wildman–Crippen MR) is 73.4 cm³/mol. The van der Waals surface area contributed by atoms with E-state index in [0.29, 0.717) is 29.9 Å². The van der Waals surface area contributed by atoms with Crippen LogP contribution in [0.4, 0.5) is 0 Å². The predicted octanol–water partition coefficient (Wildman–Crippen LogP) is 2.60. The third-order valence-electron chi connectivity index (χ3n) is 3.73. The van der Waals surface area contributed by atoms with E-state index in [1.807, 2.05) is 31.2 Å². The zero-order chi connectivity index (χ0) is 13.4. The van der Waals surface area contributed by atoms with Crippen LogP contribution in [0.3, 0.4) is 0 Å². The van der Waals surface area contributed by atoms with Crippen molar-refractivity contribution in [2.75, 3.05) is 0 Å². The maximum Gasteiger partial charge on any atom is 0.258 e. The number of benzene rings is 1. The second-order valence-corrected chi connectivity index (χ2v) is 5.10. The van der Waals surface area contributed by atoms with Crippen LogP contribution in [-0.2, 0) is 12.8 Å². The third-order valence-corrected chi connectivity index (χ3v) is 3.73. The van der Waals surface area contributed by atoms with Crippen molar-refractivity contribution in [1.29, 1.82) is 0 Å². The van der Waals surface area contributed by atoms with Crippen LogP contribution in [0.25, 0.3) is 11.3 Å². The fourth-order valence-corrected chi connectivity index (χ4v) is 2.63. The van der Waals surface area contributed by atoms with Crippen molar-refractivity contribution in [3.05, 3.63) is 57.5 Å². The highest BCUT2D eigenvalue weighted by molar-refractivity contribution is 5.59. The SMILES string of the molecule is Cc1ccc(-c2c[n+](=O)c3c(n2[O-])CCCC3)cc1. The van der Waals surface area contributed by atoms with Gasteiger partial charge in [-0.15, -0.1) is 0 Å². The van der Waals surface area contributed by atoms with Crippen LogP contribution < -0.4 is 4.43 Å². The van der Waals surface area contributed by atoms with Crippen LogP contribution in [0.1, 0.15) is 29.8 Å². The second-order valence-electron chi connectivity index (χ2n) is 5.10. The van der Waals surface area contributed by atoms with Gasteiger partial charge >= 0.3 is 0 Å². The van der Waals surface area contributed by atoms with E-state index in [1.54, 1.807) is 0 Å². The van der Waals surface area contributed by atoms with Crippen LogP contribution in [0, 0.1) is 17.0 Å². The molecule has 0 N–H and O–H groups in total. The van der Waals surface area contributed by atoms with Crippen molar-refractivity contribution >= 4 is 0 Å². The summed E-state index contributed by atoms with van der Waals surface area (Å²) in [5, 5.41) is 12.4. The molecule has 1 aromatic carbocycles. The Morgan fingerprint density at radius 2 is 1.84 bits per heavy atom. The van der Waals surface area contributed by atoms with Crippen LogP contribution in [-0.4, -0.2) is 4.73 Å². The normalized spacial score (nSPS) is 14.2. The molecule has 2 aromatic rings. The standard InChI is InChI=1S/C15H16N2O2/c1-11-6-8-12(9-7-11)15-10-16(18)13-4-2-3-5-14(13)17(15)19/h6-10H,2-5H2,1H3. The summed E-state index contributed by atoms with van der Waals surface area (Å²) < 4.78 is 1.81. The highest BCUT2D eigenvalue weighted by atomic mass is 16.5. The summed E-state index contributed by atoms with van der Waals surface area (Å²) in [5.41, 5.74) is 3.64. The van der Waals surface area contributed by atoms with E-state index in [2.05, 4.69) is 0 Å². The molecule has 98 valence electrons. The van der Waals surface area contributed by atoms with Gasteiger partial charge in [0.05, 0.1) is 10.1 Å². The molecule has 0 amide bonds. The monoisotopic (exact) mass is 256 g/mol. The number of fused-ring (bicyclic) bond motifs is 1. The Balaban J connectivity index is 2.20. The lowest BCUT2D eigenvalue weighted by Gasteiger charge is -2.23. The van der Waals surface area contributed by atoms with Gasteiger partial charge in [0, 0.05) is 16.9 Å². The lowest BCUT2D eigenvalue weighted by molar-refractivity contribution is -0.506. The molecular weight excluding hydrogens is 240 g/mol. The van der Waals surface area contributed by atoms with Crippen LogP contribution in [0.2, 0.25) is 0 Å². The van der Waals surface area contributed by atoms with Gasteiger partial charge in [-0.1, -0.05) is 29.8 Å². The van der Waals surface area contributed by atoms with Crippen molar-refractivity contribution in [1.82, 2.24) is 4.73 Å². The maximum atomic E-state index is 12.4. The lowest BCUT2D eigenvalue weighted by atomic mass is 9.99. The molecule has 0 aliphatic heterocycles. The summed E-state index contributed by atoms with van der Waals surface area (Å²) >= 11 is 0. The van der Waals surface area contributed by atoms with Gasteiger partial charge in [-0.3, -0.25) is 0 Å². The molecule has 0 atom stereocenters. The van der Waals surface area contributed by atoms with Crippen LogP contribution in [0.5, 0.6) is 0 Å². The Kier molecular flexibility index (Phi) is 2.85. The number of aromatic nitrogens is 2. The first-order chi connectivity index (χ1) is 9.16. The summed E-state index contributed by atoms with van der Waals surface area (Å²) in [6.45, 7) is 2.00. The van der Waals surface area contributed by atoms with Gasteiger partial charge in [-0.05, 0) is 26.2 Å². The summed E-state index contributed by atoms with van der Waals surface area (Å²) in [7, 11) is 0. The van der Waals surface area contributed by atoms with Gasteiger partial charge < -0.3 is 9.94 Å². The molecule has 4 heteroatoms. The van der Waals surface area contributed by atoms with Gasteiger partial charge in [-0.25, -0.2) is 0 Å². The molecule has 4 nitrogen and oxygen atoms in total. The zero-order valence-corrected chi connectivity index (χ0v) is 10.9. The average Bonchev–Trinajstić information content (AvgIpc) is 2.44. The zero-order valence-electron chi connectivity index (χ0n) is 10.9. The van der Waals surface area contributed by atoms with Gasteiger partial charge in [0.25, 0.3) is 11.9 Å². The maximum absolute atomic E-state index is 12.4. The summed E-state index contributed by atoms with van der Waals surface area (Å²) in [5.74, 6) is 0. The minimum atomic E-state index is 0.440. The van der Waals surface area contributed by atoms with Crippen LogP contribution in [0.15, 0.2) is 30.5 Å². The number of aryl methyl sites for hydroxylation is 1. The van der Waals surface area contributed by atoms with Crippen molar-refractivity contribution < 1.29 is 4.43 Å². The van der Waals surface area contributed by atoms with Gasteiger partial charge in [0.1, 0.15) is 5.69 Å². The van der Waals surface area contributed by atoms with E-state index in [0.717, 1.165) is 33.1 Å². The Labute approximate surface area is 111 Å². The molecule has 0 fully saturated rings. The number of hydrogen-bond acceptors (Lipinski definition) is 2. The summed E-state index contributed by atoms with van der Waals surface area (Å²) in [6, 6.07) is 7.66. The molecule has 19 heavy (non-hydrogen) atoms. The van der Waals surface area contributed by atoms with Crippen molar-refractivity contribution in [2.45, 2.75) is 32.6 Å². The molecule has 0 unspecified atom stereocenters. The molecule has 1 aromatic heterocycles. The number of nitrogens with zero attached hydrogens (tertiary/aromatic N) is 2. The molecule has 1 aliphatic rings. The Hall–Kier alpha value is -2.10. The third kappa shape index (κ3) is 2.03. The van der Waals surface area contributed by atoms with E-state index < -0.39 is 0 Å². The molecule has 3 rings (SSSR count). The quantitative estimate of drug-likeness (QED) is 0.736. The molecule has 0 radical (unpaired) electrons. The number of hydrogen-bond donors (Lipinski definition) is 0. The fourth-order valence-electron chi connectivity index (χ4n) is 2.63. The largest absolute Gasteiger partial charge is 0.805 e.